The molecule has 6 heteroatoms. The highest BCUT2D eigenvalue weighted by molar-refractivity contribution is 5.94. The van der Waals surface area contributed by atoms with Gasteiger partial charge in [-0.3, -0.25) is 4.79 Å². The van der Waals surface area contributed by atoms with Gasteiger partial charge in [0.15, 0.2) is 0 Å². The van der Waals surface area contributed by atoms with Gasteiger partial charge in [0, 0.05) is 18.3 Å². The van der Waals surface area contributed by atoms with Gasteiger partial charge in [-0.15, -0.1) is 12.4 Å². The van der Waals surface area contributed by atoms with Crippen LogP contribution in [0.3, 0.4) is 0 Å². The van der Waals surface area contributed by atoms with E-state index in [1.165, 1.54) is 12.5 Å². The minimum Gasteiger partial charge on any atom is -0.350 e. The average molecular weight is 245 g/mol. The van der Waals surface area contributed by atoms with Crippen LogP contribution in [0.2, 0.25) is 0 Å². The fourth-order valence-electron chi connectivity index (χ4n) is 1.02. The van der Waals surface area contributed by atoms with Crippen LogP contribution < -0.4 is 11.1 Å². The number of aromatic nitrogens is 2. The van der Waals surface area contributed by atoms with E-state index in [9.17, 15) is 4.79 Å². The van der Waals surface area contributed by atoms with Gasteiger partial charge in [-0.2, -0.15) is 0 Å². The molecule has 0 fully saturated rings. The predicted octanol–water partition coefficient (Wildman–Crippen LogP) is 0.674. The van der Waals surface area contributed by atoms with Crippen LogP contribution >= 0.6 is 12.4 Å². The Hall–Kier alpha value is -1.20. The minimum absolute atomic E-state index is 0. The quantitative estimate of drug-likeness (QED) is 0.819. The first-order valence-corrected chi connectivity index (χ1v) is 4.74. The number of aryl methyl sites for hydroxylation is 1. The standard InChI is InChI=1S/C10H16N4O.ClH/c1-7-8(4-12-6-14-7)9(15)13-5-10(2,3)11;/h4,6H,5,11H2,1-3H3,(H,13,15);1H. The minimum atomic E-state index is -0.417. The third kappa shape index (κ3) is 4.55. The van der Waals surface area contributed by atoms with Gasteiger partial charge in [0.1, 0.15) is 6.33 Å². The lowest BCUT2D eigenvalue weighted by Crippen LogP contribution is -2.45. The molecule has 0 saturated carbocycles. The molecule has 1 amide bonds. The summed E-state index contributed by atoms with van der Waals surface area (Å²) in [6.45, 7) is 5.88. The molecule has 0 aliphatic carbocycles. The maximum atomic E-state index is 11.7. The Morgan fingerprint density at radius 2 is 2.19 bits per heavy atom. The first-order chi connectivity index (χ1) is 6.90. The summed E-state index contributed by atoms with van der Waals surface area (Å²) >= 11 is 0. The number of carbonyl (C=O) groups is 1. The zero-order valence-electron chi connectivity index (χ0n) is 9.65. The van der Waals surface area contributed by atoms with Crippen LogP contribution in [-0.2, 0) is 0 Å². The first-order valence-electron chi connectivity index (χ1n) is 4.74. The molecule has 0 saturated heterocycles. The van der Waals surface area contributed by atoms with Crippen LogP contribution in [0, 0.1) is 6.92 Å². The van der Waals surface area contributed by atoms with E-state index in [0.717, 1.165) is 0 Å². The van der Waals surface area contributed by atoms with Crippen molar-refractivity contribution in [2.75, 3.05) is 6.54 Å². The number of nitrogens with two attached hydrogens (primary N) is 1. The third-order valence-electron chi connectivity index (χ3n) is 1.86. The molecule has 90 valence electrons. The second-order valence-electron chi connectivity index (χ2n) is 4.19. The van der Waals surface area contributed by atoms with E-state index in [2.05, 4.69) is 15.3 Å². The van der Waals surface area contributed by atoms with E-state index >= 15 is 0 Å². The zero-order valence-corrected chi connectivity index (χ0v) is 10.5. The van der Waals surface area contributed by atoms with Gasteiger partial charge in [0.2, 0.25) is 0 Å². The van der Waals surface area contributed by atoms with Gasteiger partial charge in [0.25, 0.3) is 5.91 Å². The monoisotopic (exact) mass is 244 g/mol. The summed E-state index contributed by atoms with van der Waals surface area (Å²) in [6, 6.07) is 0. The fraction of sp³-hybridized carbons (Fsp3) is 0.500. The highest BCUT2D eigenvalue weighted by Crippen LogP contribution is 2.02. The van der Waals surface area contributed by atoms with Crippen molar-refractivity contribution < 1.29 is 4.79 Å². The Morgan fingerprint density at radius 3 is 2.69 bits per heavy atom. The van der Waals surface area contributed by atoms with Crippen LogP contribution in [0.15, 0.2) is 12.5 Å². The van der Waals surface area contributed by atoms with Crippen LogP contribution in [0.25, 0.3) is 0 Å². The van der Waals surface area contributed by atoms with Gasteiger partial charge in [0.05, 0.1) is 11.3 Å². The highest BCUT2D eigenvalue weighted by atomic mass is 35.5. The molecular weight excluding hydrogens is 228 g/mol. The van der Waals surface area contributed by atoms with Gasteiger partial charge in [-0.25, -0.2) is 9.97 Å². The van der Waals surface area contributed by atoms with E-state index < -0.39 is 5.54 Å². The molecule has 16 heavy (non-hydrogen) atoms. The van der Waals surface area contributed by atoms with Gasteiger partial charge < -0.3 is 11.1 Å². The highest BCUT2D eigenvalue weighted by Gasteiger charge is 2.14. The predicted molar refractivity (Wildman–Crippen MR) is 64.6 cm³/mol. The normalized spacial score (nSPS) is 10.5. The lowest BCUT2D eigenvalue weighted by molar-refractivity contribution is 0.0944. The molecule has 0 spiro atoms. The Balaban J connectivity index is 0.00000225. The zero-order chi connectivity index (χ0) is 11.5. The number of halogens is 1. The molecule has 0 radical (unpaired) electrons. The largest absolute Gasteiger partial charge is 0.350 e. The summed E-state index contributed by atoms with van der Waals surface area (Å²) in [5, 5.41) is 2.74. The molecule has 0 aliphatic heterocycles. The van der Waals surface area contributed by atoms with E-state index in [1.807, 2.05) is 13.8 Å². The van der Waals surface area contributed by atoms with Gasteiger partial charge in [-0.05, 0) is 20.8 Å². The molecule has 0 unspecified atom stereocenters. The second kappa shape index (κ2) is 5.77. The lowest BCUT2D eigenvalue weighted by Gasteiger charge is -2.18. The van der Waals surface area contributed by atoms with Crippen molar-refractivity contribution in [1.82, 2.24) is 15.3 Å². The number of carbonyl (C=O) groups excluding carboxylic acids is 1. The summed E-state index contributed by atoms with van der Waals surface area (Å²) in [6.07, 6.45) is 2.92. The van der Waals surface area contributed by atoms with Crippen molar-refractivity contribution >= 4 is 18.3 Å². The molecule has 0 bridgehead atoms. The second-order valence-corrected chi connectivity index (χ2v) is 4.19. The number of nitrogens with one attached hydrogen (secondary N) is 1. The lowest BCUT2D eigenvalue weighted by atomic mass is 10.1. The van der Waals surface area contributed by atoms with E-state index in [4.69, 9.17) is 5.73 Å². The summed E-state index contributed by atoms with van der Waals surface area (Å²) in [5.74, 6) is -0.188. The summed E-state index contributed by atoms with van der Waals surface area (Å²) in [4.78, 5) is 19.4. The number of hydrogen-bond donors (Lipinski definition) is 2. The molecule has 1 aromatic rings. The molecule has 1 rings (SSSR count). The molecule has 1 aromatic heterocycles. The van der Waals surface area contributed by atoms with Crippen molar-refractivity contribution in [3.8, 4) is 0 Å². The van der Waals surface area contributed by atoms with Crippen LogP contribution in [0.4, 0.5) is 0 Å². The SMILES string of the molecule is Cc1ncncc1C(=O)NCC(C)(C)N.Cl. The molecule has 0 aliphatic rings. The molecule has 5 nitrogen and oxygen atoms in total. The third-order valence-corrected chi connectivity index (χ3v) is 1.86. The van der Waals surface area contributed by atoms with Gasteiger partial charge in [-0.1, -0.05) is 0 Å². The average Bonchev–Trinajstić information content (AvgIpc) is 2.14. The summed E-state index contributed by atoms with van der Waals surface area (Å²) in [5.41, 5.74) is 6.49. The van der Waals surface area contributed by atoms with Crippen molar-refractivity contribution in [2.45, 2.75) is 26.3 Å². The van der Waals surface area contributed by atoms with Crippen molar-refractivity contribution in [3.05, 3.63) is 23.8 Å². The van der Waals surface area contributed by atoms with Crippen molar-refractivity contribution in [2.24, 2.45) is 5.73 Å². The summed E-state index contributed by atoms with van der Waals surface area (Å²) < 4.78 is 0. The number of amides is 1. The number of hydrogen-bond acceptors (Lipinski definition) is 4. The molecular formula is C10H17ClN4O. The smallest absolute Gasteiger partial charge is 0.254 e. The Labute approximate surface area is 101 Å². The van der Waals surface area contributed by atoms with Crippen LogP contribution in [0.5, 0.6) is 0 Å². The van der Waals surface area contributed by atoms with Crippen molar-refractivity contribution in [3.63, 3.8) is 0 Å². The number of nitrogens with zero attached hydrogens (tertiary/aromatic N) is 2. The van der Waals surface area contributed by atoms with E-state index in [-0.39, 0.29) is 18.3 Å². The Bertz CT molecular complexity index is 362. The molecule has 0 aromatic carbocycles. The number of rotatable bonds is 3. The topological polar surface area (TPSA) is 80.9 Å². The molecule has 3 N–H and O–H groups in total. The fourth-order valence-corrected chi connectivity index (χ4v) is 1.02. The maximum Gasteiger partial charge on any atom is 0.254 e. The summed E-state index contributed by atoms with van der Waals surface area (Å²) in [7, 11) is 0. The first kappa shape index (κ1) is 14.8. The van der Waals surface area contributed by atoms with Crippen molar-refractivity contribution in [1.29, 1.82) is 0 Å². The van der Waals surface area contributed by atoms with Crippen LogP contribution in [-0.4, -0.2) is 28.0 Å². The maximum absolute atomic E-state index is 11.7. The molecule has 0 atom stereocenters. The van der Waals surface area contributed by atoms with Gasteiger partial charge >= 0.3 is 0 Å². The van der Waals surface area contributed by atoms with E-state index in [1.54, 1.807) is 6.92 Å². The van der Waals surface area contributed by atoms with Crippen LogP contribution in [0.1, 0.15) is 29.9 Å². The molecule has 1 heterocycles. The Kier molecular flexibility index (Phi) is 5.33. The van der Waals surface area contributed by atoms with E-state index in [0.29, 0.717) is 17.8 Å². The Morgan fingerprint density at radius 1 is 1.56 bits per heavy atom.